The Morgan fingerprint density at radius 3 is 2.13 bits per heavy atom. The van der Waals surface area contributed by atoms with Gasteiger partial charge in [0.1, 0.15) is 11.5 Å². The maximum absolute atomic E-state index is 11.5. The molecule has 0 bridgehead atoms. The van der Waals surface area contributed by atoms with E-state index in [4.69, 9.17) is 4.74 Å². The van der Waals surface area contributed by atoms with Crippen molar-refractivity contribution in [3.05, 3.63) is 48.0 Å². The van der Waals surface area contributed by atoms with Crippen LogP contribution >= 0.6 is 0 Å². The fourth-order valence-electron chi connectivity index (χ4n) is 3.29. The Hall–Kier alpha value is -0.414. The first-order valence-electron chi connectivity index (χ1n) is 10.5. The fraction of sp³-hybridized carbons (Fsp3) is 0.478. The molecule has 0 aliphatic carbocycles. The second-order valence-electron chi connectivity index (χ2n) is 7.40. The van der Waals surface area contributed by atoms with Crippen LogP contribution in [0.1, 0.15) is 70.3 Å². The van der Waals surface area contributed by atoms with Crippen molar-refractivity contribution in [2.24, 2.45) is 0 Å². The van der Waals surface area contributed by atoms with Crippen LogP contribution in [0.2, 0.25) is 0 Å². The molecule has 0 atom stereocenters. The Labute approximate surface area is 223 Å². The molecule has 0 saturated heterocycles. The van der Waals surface area contributed by atoms with Crippen LogP contribution in [0.3, 0.4) is 0 Å². The molecule has 2 aromatic carbocycles. The molecule has 0 amide bonds. The average molecular weight is 459 g/mol. The SMILES string of the molecule is CCCCCCCCCCCc1ccc(S(=O)(=O)O)cc1Oc1cccc([O-])c1.[K+]. The van der Waals surface area contributed by atoms with E-state index in [2.05, 4.69) is 6.92 Å². The third kappa shape index (κ3) is 10.3. The van der Waals surface area contributed by atoms with E-state index >= 15 is 0 Å². The Balaban J connectivity index is 0.00000450. The molecule has 5 nitrogen and oxygen atoms in total. The summed E-state index contributed by atoms with van der Waals surface area (Å²) in [4.78, 5) is -0.221. The molecule has 0 aliphatic heterocycles. The molecule has 0 fully saturated rings. The fourth-order valence-corrected chi connectivity index (χ4v) is 3.78. The largest absolute Gasteiger partial charge is 1.00 e. The van der Waals surface area contributed by atoms with Crippen molar-refractivity contribution in [1.29, 1.82) is 0 Å². The first-order chi connectivity index (χ1) is 13.9. The van der Waals surface area contributed by atoms with Crippen molar-refractivity contribution in [3.8, 4) is 17.2 Å². The minimum absolute atomic E-state index is 0. The van der Waals surface area contributed by atoms with Gasteiger partial charge < -0.3 is 9.84 Å². The Kier molecular flexibility index (Phi) is 13.5. The van der Waals surface area contributed by atoms with Crippen molar-refractivity contribution < 1.29 is 74.2 Å². The van der Waals surface area contributed by atoms with Crippen LogP contribution in [-0.4, -0.2) is 13.0 Å². The minimum Gasteiger partial charge on any atom is -0.872 e. The molecule has 7 heteroatoms. The van der Waals surface area contributed by atoms with Crippen molar-refractivity contribution in [2.75, 3.05) is 0 Å². The van der Waals surface area contributed by atoms with Gasteiger partial charge in [0.05, 0.1) is 4.90 Å². The van der Waals surface area contributed by atoms with Gasteiger partial charge in [-0.2, -0.15) is 8.42 Å². The summed E-state index contributed by atoms with van der Waals surface area (Å²) in [5, 5.41) is 11.5. The van der Waals surface area contributed by atoms with Crippen molar-refractivity contribution in [2.45, 2.75) is 76.0 Å². The Bertz CT molecular complexity index is 868. The standard InChI is InChI=1S/C23H32O5S.K/c1-2-3-4-5-6-7-8-9-10-12-19-15-16-22(29(25,26)27)18-23(19)28-21-14-11-13-20(24)17-21;/h11,13-18,24H,2-10,12H2,1H3,(H,25,26,27);/q;+1/p-1. The normalized spacial score (nSPS) is 11.1. The molecule has 0 spiro atoms. The summed E-state index contributed by atoms with van der Waals surface area (Å²) in [5.74, 6) is 0.512. The van der Waals surface area contributed by atoms with Gasteiger partial charge in [0.2, 0.25) is 0 Å². The van der Waals surface area contributed by atoms with Crippen LogP contribution in [0, 0.1) is 0 Å². The van der Waals surface area contributed by atoms with Crippen LogP contribution in [0.25, 0.3) is 0 Å². The summed E-state index contributed by atoms with van der Waals surface area (Å²) < 4.78 is 38.1. The molecule has 0 aromatic heterocycles. The molecule has 1 N–H and O–H groups in total. The molecular weight excluding hydrogens is 427 g/mol. The van der Waals surface area contributed by atoms with E-state index in [1.807, 2.05) is 0 Å². The van der Waals surface area contributed by atoms with E-state index in [-0.39, 0.29) is 62.0 Å². The van der Waals surface area contributed by atoms with Gasteiger partial charge in [0.15, 0.2) is 0 Å². The summed E-state index contributed by atoms with van der Waals surface area (Å²) in [7, 11) is -4.33. The molecule has 30 heavy (non-hydrogen) atoms. The van der Waals surface area contributed by atoms with Gasteiger partial charge in [-0.05, 0) is 36.6 Å². The molecule has 0 radical (unpaired) electrons. The summed E-state index contributed by atoms with van der Waals surface area (Å²) in [6, 6.07) is 10.4. The molecule has 0 heterocycles. The van der Waals surface area contributed by atoms with Crippen LogP contribution in [0.5, 0.6) is 17.2 Å². The Morgan fingerprint density at radius 2 is 1.53 bits per heavy atom. The number of hydrogen-bond donors (Lipinski definition) is 1. The predicted octanol–water partition coefficient (Wildman–Crippen LogP) is 2.88. The molecule has 160 valence electrons. The van der Waals surface area contributed by atoms with Gasteiger partial charge in [-0.3, -0.25) is 4.55 Å². The summed E-state index contributed by atoms with van der Waals surface area (Å²) >= 11 is 0. The first-order valence-corrected chi connectivity index (χ1v) is 11.9. The number of ether oxygens (including phenoxy) is 1. The molecule has 2 aromatic rings. The van der Waals surface area contributed by atoms with Crippen molar-refractivity contribution in [3.63, 3.8) is 0 Å². The summed E-state index contributed by atoms with van der Waals surface area (Å²) in [6.45, 7) is 2.22. The van der Waals surface area contributed by atoms with Gasteiger partial charge >= 0.3 is 51.4 Å². The minimum atomic E-state index is -4.33. The van der Waals surface area contributed by atoms with E-state index in [9.17, 15) is 18.1 Å². The molecule has 0 aliphatic rings. The molecular formula is C23H31KO5S. The zero-order chi connectivity index (χ0) is 21.1. The topological polar surface area (TPSA) is 86.7 Å². The van der Waals surface area contributed by atoms with E-state index in [0.29, 0.717) is 11.5 Å². The molecule has 0 unspecified atom stereocenters. The maximum atomic E-state index is 11.5. The van der Waals surface area contributed by atoms with E-state index in [1.165, 1.54) is 69.2 Å². The van der Waals surface area contributed by atoms with Crippen molar-refractivity contribution in [1.82, 2.24) is 0 Å². The molecule has 2 rings (SSSR count). The van der Waals surface area contributed by atoms with Crippen LogP contribution in [-0.2, 0) is 16.5 Å². The molecule has 0 saturated carbocycles. The smallest absolute Gasteiger partial charge is 0.872 e. The van der Waals surface area contributed by atoms with E-state index in [0.717, 1.165) is 24.8 Å². The first kappa shape index (κ1) is 27.6. The summed E-state index contributed by atoms with van der Waals surface area (Å²) in [6.07, 6.45) is 11.7. The van der Waals surface area contributed by atoms with Crippen LogP contribution in [0.4, 0.5) is 0 Å². The third-order valence-electron chi connectivity index (χ3n) is 4.92. The van der Waals surface area contributed by atoms with Gasteiger partial charge in [0, 0.05) is 6.07 Å². The maximum Gasteiger partial charge on any atom is 1.00 e. The predicted molar refractivity (Wildman–Crippen MR) is 113 cm³/mol. The van der Waals surface area contributed by atoms with E-state index in [1.54, 1.807) is 18.2 Å². The van der Waals surface area contributed by atoms with Gasteiger partial charge in [-0.15, -0.1) is 5.75 Å². The van der Waals surface area contributed by atoms with Gasteiger partial charge in [-0.25, -0.2) is 0 Å². The number of unbranched alkanes of at least 4 members (excludes halogenated alkanes) is 8. The van der Waals surface area contributed by atoms with Crippen LogP contribution in [0.15, 0.2) is 47.4 Å². The second-order valence-corrected chi connectivity index (χ2v) is 8.82. The van der Waals surface area contributed by atoms with Gasteiger partial charge in [0.25, 0.3) is 10.1 Å². The summed E-state index contributed by atoms with van der Waals surface area (Å²) in [5.41, 5.74) is 0.858. The van der Waals surface area contributed by atoms with Crippen molar-refractivity contribution >= 4 is 10.1 Å². The number of aryl methyl sites for hydroxylation is 1. The zero-order valence-corrected chi connectivity index (χ0v) is 22.0. The number of hydrogen-bond acceptors (Lipinski definition) is 4. The third-order valence-corrected chi connectivity index (χ3v) is 5.77. The van der Waals surface area contributed by atoms with Gasteiger partial charge in [-0.1, -0.05) is 76.5 Å². The second kappa shape index (κ2) is 14.6. The van der Waals surface area contributed by atoms with E-state index < -0.39 is 10.1 Å². The zero-order valence-electron chi connectivity index (χ0n) is 18.1. The average Bonchev–Trinajstić information content (AvgIpc) is 2.67. The number of benzene rings is 2. The number of rotatable bonds is 13. The quantitative estimate of drug-likeness (QED) is 0.283. The Morgan fingerprint density at radius 1 is 0.900 bits per heavy atom. The van der Waals surface area contributed by atoms with Crippen LogP contribution < -0.4 is 61.2 Å². The monoisotopic (exact) mass is 458 g/mol.